The van der Waals surface area contributed by atoms with Gasteiger partial charge in [-0.15, -0.1) is 20.4 Å². The highest BCUT2D eigenvalue weighted by Crippen LogP contribution is 2.30. The molecule has 0 saturated carbocycles. The van der Waals surface area contributed by atoms with Crippen molar-refractivity contribution in [1.82, 2.24) is 35.7 Å². The average molecular weight is 423 g/mol. The second-order valence-corrected chi connectivity index (χ2v) is 8.19. The summed E-state index contributed by atoms with van der Waals surface area (Å²) in [4.78, 5) is 8.18. The molecule has 30 heavy (non-hydrogen) atoms. The fraction of sp³-hybridized carbons (Fsp3) is 0.421. The van der Waals surface area contributed by atoms with Gasteiger partial charge in [-0.05, 0) is 32.7 Å². The molecule has 0 bridgehead atoms. The van der Waals surface area contributed by atoms with Gasteiger partial charge in [-0.25, -0.2) is 9.97 Å². The van der Waals surface area contributed by atoms with Crippen LogP contribution >= 0.6 is 11.3 Å². The van der Waals surface area contributed by atoms with Crippen LogP contribution < -0.4 is 16.0 Å². The van der Waals surface area contributed by atoms with Gasteiger partial charge >= 0.3 is 0 Å². The van der Waals surface area contributed by atoms with Crippen molar-refractivity contribution in [2.45, 2.75) is 38.6 Å². The number of nitriles is 1. The van der Waals surface area contributed by atoms with E-state index in [2.05, 4.69) is 46.3 Å². The molecule has 154 valence electrons. The van der Waals surface area contributed by atoms with Gasteiger partial charge in [-0.3, -0.25) is 0 Å². The number of hydrogen-bond acceptors (Lipinski definition) is 11. The van der Waals surface area contributed by atoms with E-state index in [1.165, 1.54) is 43.0 Å². The summed E-state index contributed by atoms with van der Waals surface area (Å²) < 4.78 is 0. The first-order chi connectivity index (χ1) is 14.7. The number of nitrogens with zero attached hydrogens (tertiary/aromatic N) is 7. The van der Waals surface area contributed by atoms with Crippen molar-refractivity contribution in [3.63, 3.8) is 0 Å². The Morgan fingerprint density at radius 2 is 2.10 bits per heavy atom. The molecule has 0 amide bonds. The first-order valence-corrected chi connectivity index (χ1v) is 10.7. The molecule has 0 aliphatic carbocycles. The summed E-state index contributed by atoms with van der Waals surface area (Å²) >= 11 is 1.48. The molecule has 10 nitrogen and oxygen atoms in total. The van der Waals surface area contributed by atoms with Crippen molar-refractivity contribution in [2.75, 3.05) is 23.7 Å². The van der Waals surface area contributed by atoms with Crippen LogP contribution in [0.5, 0.6) is 0 Å². The lowest BCUT2D eigenvalue weighted by molar-refractivity contribution is 0.389. The topological polar surface area (TPSA) is 137 Å². The van der Waals surface area contributed by atoms with Gasteiger partial charge < -0.3 is 16.0 Å². The summed E-state index contributed by atoms with van der Waals surface area (Å²) in [5, 5.41) is 37.5. The minimum absolute atomic E-state index is 0.257. The van der Waals surface area contributed by atoms with Gasteiger partial charge in [0, 0.05) is 18.7 Å². The third-order valence-corrected chi connectivity index (χ3v) is 5.61. The molecule has 3 aromatic rings. The Hall–Kier alpha value is -3.23. The van der Waals surface area contributed by atoms with Crippen LogP contribution in [0.15, 0.2) is 18.5 Å². The van der Waals surface area contributed by atoms with Gasteiger partial charge in [0.05, 0.1) is 18.1 Å². The highest BCUT2D eigenvalue weighted by atomic mass is 32.1. The molecule has 1 saturated heterocycles. The zero-order valence-electron chi connectivity index (χ0n) is 16.6. The van der Waals surface area contributed by atoms with Crippen LogP contribution in [0.25, 0.3) is 10.7 Å². The van der Waals surface area contributed by atoms with Crippen molar-refractivity contribution < 1.29 is 0 Å². The van der Waals surface area contributed by atoms with Crippen molar-refractivity contribution in [3.8, 4) is 16.8 Å². The van der Waals surface area contributed by atoms with Gasteiger partial charge in [-0.2, -0.15) is 5.26 Å². The number of rotatable bonds is 7. The third kappa shape index (κ3) is 5.03. The molecule has 1 unspecified atom stereocenters. The SMILES string of the molecule is Cc1nnc(-c2nnc(Nc3cnc(C#N)cn3)cc2NCCC2CCCCN2)s1. The molecule has 1 fully saturated rings. The normalized spacial score (nSPS) is 16.1. The maximum Gasteiger partial charge on any atom is 0.170 e. The van der Waals surface area contributed by atoms with Crippen molar-refractivity contribution in [1.29, 1.82) is 5.26 Å². The van der Waals surface area contributed by atoms with Crippen molar-refractivity contribution in [3.05, 3.63) is 29.2 Å². The Balaban J connectivity index is 1.51. The van der Waals surface area contributed by atoms with Crippen LogP contribution in [0.1, 0.15) is 36.4 Å². The summed E-state index contributed by atoms with van der Waals surface area (Å²) in [5.74, 6) is 1.01. The summed E-state index contributed by atoms with van der Waals surface area (Å²) in [6.07, 6.45) is 7.67. The lowest BCUT2D eigenvalue weighted by Crippen LogP contribution is -2.35. The number of piperidine rings is 1. The Morgan fingerprint density at radius 1 is 1.17 bits per heavy atom. The number of anilines is 3. The van der Waals surface area contributed by atoms with Crippen LogP contribution in [0.3, 0.4) is 0 Å². The van der Waals surface area contributed by atoms with E-state index in [4.69, 9.17) is 5.26 Å². The quantitative estimate of drug-likeness (QED) is 0.521. The monoisotopic (exact) mass is 422 g/mol. The second kappa shape index (κ2) is 9.51. The predicted octanol–water partition coefficient (Wildman–Crippen LogP) is 2.65. The number of aryl methyl sites for hydroxylation is 1. The molecule has 1 aliphatic rings. The molecule has 0 radical (unpaired) electrons. The van der Waals surface area contributed by atoms with Gasteiger partial charge in [0.25, 0.3) is 0 Å². The standard InChI is InChI=1S/C19H22N10S/c1-12-26-29-19(30-12)18-15(22-7-5-13-4-2-3-6-21-13)8-16(27-28-18)25-17-11-23-14(9-20)10-24-17/h8,10-11,13,21H,2-7H2,1H3,(H2,22,24,25,27). The Morgan fingerprint density at radius 3 is 2.80 bits per heavy atom. The zero-order chi connectivity index (χ0) is 20.8. The summed E-state index contributed by atoms with van der Waals surface area (Å²) in [5.41, 5.74) is 1.77. The summed E-state index contributed by atoms with van der Waals surface area (Å²) in [7, 11) is 0. The van der Waals surface area contributed by atoms with Gasteiger partial charge in [-0.1, -0.05) is 17.8 Å². The van der Waals surface area contributed by atoms with E-state index in [1.807, 2.05) is 19.1 Å². The minimum Gasteiger partial charge on any atom is -0.383 e. The van der Waals surface area contributed by atoms with E-state index in [1.54, 1.807) is 0 Å². The number of hydrogen-bond donors (Lipinski definition) is 3. The fourth-order valence-electron chi connectivity index (χ4n) is 3.27. The third-order valence-electron chi connectivity index (χ3n) is 4.77. The molecule has 4 heterocycles. The van der Waals surface area contributed by atoms with Crippen LogP contribution in [-0.4, -0.2) is 49.5 Å². The summed E-state index contributed by atoms with van der Waals surface area (Å²) in [6, 6.07) is 4.37. The van der Waals surface area contributed by atoms with E-state index in [0.717, 1.165) is 35.2 Å². The maximum absolute atomic E-state index is 8.85. The molecular weight excluding hydrogens is 400 g/mol. The Labute approximate surface area is 178 Å². The van der Waals surface area contributed by atoms with E-state index >= 15 is 0 Å². The molecule has 1 atom stereocenters. The minimum atomic E-state index is 0.257. The maximum atomic E-state index is 8.85. The molecular formula is C19H22N10S. The lowest BCUT2D eigenvalue weighted by Gasteiger charge is -2.23. The molecule has 3 aromatic heterocycles. The van der Waals surface area contributed by atoms with E-state index < -0.39 is 0 Å². The van der Waals surface area contributed by atoms with E-state index in [9.17, 15) is 0 Å². The number of nitrogens with one attached hydrogen (secondary N) is 3. The first kappa shape index (κ1) is 20.1. The van der Waals surface area contributed by atoms with E-state index in [-0.39, 0.29) is 5.69 Å². The molecule has 1 aliphatic heterocycles. The Bertz CT molecular complexity index is 1020. The second-order valence-electron chi connectivity index (χ2n) is 7.00. The first-order valence-electron chi connectivity index (χ1n) is 9.86. The van der Waals surface area contributed by atoms with E-state index in [0.29, 0.717) is 23.4 Å². The average Bonchev–Trinajstić information content (AvgIpc) is 3.21. The molecule has 3 N–H and O–H groups in total. The molecule has 11 heteroatoms. The van der Waals surface area contributed by atoms with Crippen LogP contribution in [0, 0.1) is 18.3 Å². The highest BCUT2D eigenvalue weighted by molar-refractivity contribution is 7.14. The lowest BCUT2D eigenvalue weighted by atomic mass is 10.0. The van der Waals surface area contributed by atoms with Crippen molar-refractivity contribution >= 4 is 28.7 Å². The van der Waals surface area contributed by atoms with Gasteiger partial charge in [0.15, 0.2) is 16.5 Å². The highest BCUT2D eigenvalue weighted by Gasteiger charge is 2.16. The van der Waals surface area contributed by atoms with Gasteiger partial charge in [0.1, 0.15) is 22.6 Å². The Kier molecular flexibility index (Phi) is 6.36. The zero-order valence-corrected chi connectivity index (χ0v) is 17.4. The smallest absolute Gasteiger partial charge is 0.170 e. The number of aromatic nitrogens is 6. The van der Waals surface area contributed by atoms with Gasteiger partial charge in [0.2, 0.25) is 0 Å². The molecule has 0 aromatic carbocycles. The fourth-order valence-corrected chi connectivity index (χ4v) is 3.96. The van der Waals surface area contributed by atoms with Crippen LogP contribution in [-0.2, 0) is 0 Å². The molecule has 0 spiro atoms. The van der Waals surface area contributed by atoms with Crippen molar-refractivity contribution in [2.24, 2.45) is 0 Å². The summed E-state index contributed by atoms with van der Waals surface area (Å²) in [6.45, 7) is 3.82. The van der Waals surface area contributed by atoms with Crippen LogP contribution in [0.2, 0.25) is 0 Å². The van der Waals surface area contributed by atoms with Crippen LogP contribution in [0.4, 0.5) is 17.3 Å². The largest absolute Gasteiger partial charge is 0.383 e. The predicted molar refractivity (Wildman–Crippen MR) is 114 cm³/mol. The molecule has 4 rings (SSSR count).